The molecule has 0 amide bonds. The molecule has 0 spiro atoms. The minimum absolute atomic E-state index is 0.0408. The third-order valence-corrected chi connectivity index (χ3v) is 5.81. The lowest BCUT2D eigenvalue weighted by atomic mass is 10.0. The van der Waals surface area contributed by atoms with Gasteiger partial charge in [0.15, 0.2) is 0 Å². The molecular weight excluding hydrogens is 321 g/mol. The van der Waals surface area contributed by atoms with Crippen LogP contribution in [-0.2, 0) is 10.0 Å². The van der Waals surface area contributed by atoms with E-state index >= 15 is 0 Å². The molecule has 0 atom stereocenters. The van der Waals surface area contributed by atoms with Crippen molar-refractivity contribution < 1.29 is 13.5 Å². The molecule has 7 heteroatoms. The Bertz CT molecular complexity index is 577. The van der Waals surface area contributed by atoms with Crippen molar-refractivity contribution in [2.75, 3.05) is 13.6 Å². The third-order valence-electron chi connectivity index (χ3n) is 3.60. The summed E-state index contributed by atoms with van der Waals surface area (Å²) < 4.78 is 26.1. The average Bonchev–Trinajstić information content (AvgIpc) is 2.74. The zero-order valence-corrected chi connectivity index (χ0v) is 13.5. The van der Waals surface area contributed by atoms with Crippen LogP contribution in [0.15, 0.2) is 23.1 Å². The Hall–Kier alpha value is -0.330. The van der Waals surface area contributed by atoms with Gasteiger partial charge in [0, 0.05) is 23.6 Å². The molecule has 1 aromatic rings. The Morgan fingerprint density at radius 3 is 2.20 bits per heavy atom. The van der Waals surface area contributed by atoms with E-state index < -0.39 is 15.6 Å². The van der Waals surface area contributed by atoms with Crippen molar-refractivity contribution in [1.82, 2.24) is 4.31 Å². The summed E-state index contributed by atoms with van der Waals surface area (Å²) in [6.07, 6.45) is 3.10. The molecule has 1 aliphatic rings. The molecule has 1 saturated carbocycles. The van der Waals surface area contributed by atoms with Crippen molar-refractivity contribution in [2.24, 2.45) is 0 Å². The number of sulfonamides is 1. The van der Waals surface area contributed by atoms with E-state index in [9.17, 15) is 13.5 Å². The zero-order valence-electron chi connectivity index (χ0n) is 11.1. The van der Waals surface area contributed by atoms with Crippen LogP contribution in [0.25, 0.3) is 0 Å². The molecule has 1 aliphatic carbocycles. The standard InChI is InChI=1S/C13H17Cl2NO3S/c1-16(9-13(17)4-2-3-5-13)20(18,19)12-7-10(14)6-11(15)8-12/h6-8,17H,2-5,9H2,1H3. The van der Waals surface area contributed by atoms with E-state index in [1.54, 1.807) is 0 Å². The first-order chi connectivity index (χ1) is 9.23. The lowest BCUT2D eigenvalue weighted by Crippen LogP contribution is -2.41. The van der Waals surface area contributed by atoms with E-state index in [4.69, 9.17) is 23.2 Å². The molecule has 1 N–H and O–H groups in total. The summed E-state index contributed by atoms with van der Waals surface area (Å²) in [4.78, 5) is 0.0408. The first-order valence-electron chi connectivity index (χ1n) is 6.38. The Balaban J connectivity index is 2.25. The second-order valence-electron chi connectivity index (χ2n) is 5.30. The van der Waals surface area contributed by atoms with Gasteiger partial charge in [-0.3, -0.25) is 0 Å². The van der Waals surface area contributed by atoms with Gasteiger partial charge in [-0.25, -0.2) is 8.42 Å². The van der Waals surface area contributed by atoms with Crippen molar-refractivity contribution >= 4 is 33.2 Å². The van der Waals surface area contributed by atoms with E-state index in [0.717, 1.165) is 12.8 Å². The molecule has 0 unspecified atom stereocenters. The predicted octanol–water partition coefficient (Wildman–Crippen LogP) is 2.92. The van der Waals surface area contributed by atoms with Crippen molar-refractivity contribution in [2.45, 2.75) is 36.2 Å². The van der Waals surface area contributed by atoms with Gasteiger partial charge in [-0.1, -0.05) is 36.0 Å². The minimum atomic E-state index is -3.71. The fourth-order valence-electron chi connectivity index (χ4n) is 2.55. The maximum atomic E-state index is 12.5. The van der Waals surface area contributed by atoms with Gasteiger partial charge in [-0.15, -0.1) is 0 Å². The van der Waals surface area contributed by atoms with E-state index in [-0.39, 0.29) is 21.5 Å². The van der Waals surface area contributed by atoms with Gasteiger partial charge in [-0.05, 0) is 31.0 Å². The Labute approximate surface area is 129 Å². The normalized spacial score (nSPS) is 18.6. The number of hydrogen-bond donors (Lipinski definition) is 1. The molecule has 0 aromatic heterocycles. The van der Waals surface area contributed by atoms with Crippen LogP contribution in [0.1, 0.15) is 25.7 Å². The van der Waals surface area contributed by atoms with Crippen LogP contribution in [0.2, 0.25) is 10.0 Å². The van der Waals surface area contributed by atoms with Gasteiger partial charge >= 0.3 is 0 Å². The van der Waals surface area contributed by atoms with Gasteiger partial charge in [0.1, 0.15) is 0 Å². The van der Waals surface area contributed by atoms with Gasteiger partial charge in [0.25, 0.3) is 0 Å². The third kappa shape index (κ3) is 3.46. The Morgan fingerprint density at radius 1 is 1.20 bits per heavy atom. The maximum absolute atomic E-state index is 12.5. The van der Waals surface area contributed by atoms with Crippen molar-refractivity contribution in [3.8, 4) is 0 Å². The van der Waals surface area contributed by atoms with Crippen molar-refractivity contribution in [1.29, 1.82) is 0 Å². The second-order valence-corrected chi connectivity index (χ2v) is 8.22. The summed E-state index contributed by atoms with van der Waals surface area (Å²) in [7, 11) is -2.25. The first-order valence-corrected chi connectivity index (χ1v) is 8.57. The number of benzene rings is 1. The maximum Gasteiger partial charge on any atom is 0.243 e. The number of likely N-dealkylation sites (N-methyl/N-ethyl adjacent to an activating group) is 1. The van der Waals surface area contributed by atoms with E-state index in [1.807, 2.05) is 0 Å². The summed E-state index contributed by atoms with van der Waals surface area (Å²) in [5.74, 6) is 0. The summed E-state index contributed by atoms with van der Waals surface area (Å²) >= 11 is 11.7. The molecule has 2 rings (SSSR count). The van der Waals surface area contributed by atoms with Crippen LogP contribution in [0.3, 0.4) is 0 Å². The van der Waals surface area contributed by atoms with Gasteiger partial charge in [-0.2, -0.15) is 4.31 Å². The first kappa shape index (κ1) is 16.0. The Morgan fingerprint density at radius 2 is 1.70 bits per heavy atom. The van der Waals surface area contributed by atoms with Crippen LogP contribution in [0.5, 0.6) is 0 Å². The average molecular weight is 338 g/mol. The lowest BCUT2D eigenvalue weighted by molar-refractivity contribution is 0.0333. The summed E-state index contributed by atoms with van der Waals surface area (Å²) in [5, 5.41) is 10.9. The molecular formula is C13H17Cl2NO3S. The molecule has 0 aliphatic heterocycles. The highest BCUT2D eigenvalue weighted by molar-refractivity contribution is 7.89. The lowest BCUT2D eigenvalue weighted by Gasteiger charge is -2.28. The van der Waals surface area contributed by atoms with Crippen LogP contribution >= 0.6 is 23.2 Å². The highest BCUT2D eigenvalue weighted by atomic mass is 35.5. The smallest absolute Gasteiger partial charge is 0.243 e. The van der Waals surface area contributed by atoms with Crippen molar-refractivity contribution in [3.63, 3.8) is 0 Å². The molecule has 112 valence electrons. The zero-order chi connectivity index (χ0) is 15.0. The molecule has 1 fully saturated rings. The molecule has 1 aromatic carbocycles. The monoisotopic (exact) mass is 337 g/mol. The van der Waals surface area contributed by atoms with E-state index in [1.165, 1.54) is 29.6 Å². The van der Waals surface area contributed by atoms with Crippen LogP contribution in [0.4, 0.5) is 0 Å². The summed E-state index contributed by atoms with van der Waals surface area (Å²) in [6, 6.07) is 4.20. The van der Waals surface area contributed by atoms with Crippen LogP contribution < -0.4 is 0 Å². The number of aliphatic hydroxyl groups is 1. The molecule has 0 saturated heterocycles. The number of halogens is 2. The fraction of sp³-hybridized carbons (Fsp3) is 0.538. The largest absolute Gasteiger partial charge is 0.389 e. The van der Waals surface area contributed by atoms with E-state index in [2.05, 4.69) is 0 Å². The Kier molecular flexibility index (Phi) is 4.66. The molecule has 4 nitrogen and oxygen atoms in total. The second kappa shape index (κ2) is 5.81. The highest BCUT2D eigenvalue weighted by Gasteiger charge is 2.35. The van der Waals surface area contributed by atoms with Crippen LogP contribution in [-0.4, -0.2) is 37.0 Å². The molecule has 0 radical (unpaired) electrons. The highest BCUT2D eigenvalue weighted by Crippen LogP contribution is 2.32. The summed E-state index contributed by atoms with van der Waals surface area (Å²) in [5.41, 5.74) is -0.926. The quantitative estimate of drug-likeness (QED) is 0.918. The number of nitrogens with zero attached hydrogens (tertiary/aromatic N) is 1. The minimum Gasteiger partial charge on any atom is -0.389 e. The number of hydrogen-bond acceptors (Lipinski definition) is 3. The topological polar surface area (TPSA) is 57.6 Å². The van der Waals surface area contributed by atoms with Gasteiger partial charge in [0.05, 0.1) is 10.5 Å². The van der Waals surface area contributed by atoms with Crippen LogP contribution in [0, 0.1) is 0 Å². The number of rotatable bonds is 4. The summed E-state index contributed by atoms with van der Waals surface area (Å²) in [6.45, 7) is 0.0828. The predicted molar refractivity (Wildman–Crippen MR) is 79.7 cm³/mol. The molecule has 0 heterocycles. The van der Waals surface area contributed by atoms with Gasteiger partial charge < -0.3 is 5.11 Å². The molecule has 20 heavy (non-hydrogen) atoms. The SMILES string of the molecule is CN(CC1(O)CCCC1)S(=O)(=O)c1cc(Cl)cc(Cl)c1. The molecule has 0 bridgehead atoms. The van der Waals surface area contributed by atoms with Gasteiger partial charge in [0.2, 0.25) is 10.0 Å². The fourth-order valence-corrected chi connectivity index (χ4v) is 4.53. The van der Waals surface area contributed by atoms with Crippen molar-refractivity contribution in [3.05, 3.63) is 28.2 Å². The van der Waals surface area contributed by atoms with E-state index in [0.29, 0.717) is 12.8 Å².